The molecule has 0 N–H and O–H groups in total. The van der Waals surface area contributed by atoms with Gasteiger partial charge in [0.1, 0.15) is 5.82 Å². The minimum Gasteiger partial charge on any atom is -0.370 e. The zero-order valence-corrected chi connectivity index (χ0v) is 11.2. The SMILES string of the molecule is CN(Cc1cnn(C)c1)c1cccc(F)c1CCl. The van der Waals surface area contributed by atoms with Gasteiger partial charge in [-0.05, 0) is 12.1 Å². The molecule has 0 atom stereocenters. The quantitative estimate of drug-likeness (QED) is 0.794. The fourth-order valence-electron chi connectivity index (χ4n) is 1.95. The first-order valence-electron chi connectivity index (χ1n) is 5.64. The van der Waals surface area contributed by atoms with E-state index < -0.39 is 0 Å². The van der Waals surface area contributed by atoms with Gasteiger partial charge in [0.05, 0.1) is 12.1 Å². The lowest BCUT2D eigenvalue weighted by atomic mass is 10.1. The molecule has 1 heterocycles. The summed E-state index contributed by atoms with van der Waals surface area (Å²) in [6, 6.07) is 5.00. The van der Waals surface area contributed by atoms with E-state index in [2.05, 4.69) is 5.10 Å². The van der Waals surface area contributed by atoms with Gasteiger partial charge in [0.25, 0.3) is 0 Å². The number of alkyl halides is 1. The number of halogens is 2. The minimum atomic E-state index is -0.263. The Morgan fingerprint density at radius 1 is 1.44 bits per heavy atom. The Kier molecular flexibility index (Phi) is 3.87. The average Bonchev–Trinajstić information content (AvgIpc) is 2.74. The molecule has 0 spiro atoms. The van der Waals surface area contributed by atoms with Gasteiger partial charge in [-0.2, -0.15) is 5.10 Å². The molecule has 0 saturated carbocycles. The molecule has 96 valence electrons. The summed E-state index contributed by atoms with van der Waals surface area (Å²) < 4.78 is 15.4. The Morgan fingerprint density at radius 2 is 2.22 bits per heavy atom. The van der Waals surface area contributed by atoms with Crippen molar-refractivity contribution in [1.29, 1.82) is 0 Å². The zero-order valence-electron chi connectivity index (χ0n) is 10.4. The number of aryl methyl sites for hydroxylation is 1. The number of nitrogens with zero attached hydrogens (tertiary/aromatic N) is 3. The lowest BCUT2D eigenvalue weighted by Crippen LogP contribution is -2.18. The Labute approximate surface area is 111 Å². The Balaban J connectivity index is 2.23. The van der Waals surface area contributed by atoms with E-state index >= 15 is 0 Å². The highest BCUT2D eigenvalue weighted by Gasteiger charge is 2.11. The van der Waals surface area contributed by atoms with Crippen molar-refractivity contribution in [1.82, 2.24) is 9.78 Å². The molecule has 1 aromatic carbocycles. The second-order valence-electron chi connectivity index (χ2n) is 4.25. The van der Waals surface area contributed by atoms with Crippen LogP contribution in [0.1, 0.15) is 11.1 Å². The van der Waals surface area contributed by atoms with Gasteiger partial charge in [-0.25, -0.2) is 4.39 Å². The van der Waals surface area contributed by atoms with E-state index in [1.807, 2.05) is 31.3 Å². The molecule has 5 heteroatoms. The van der Waals surface area contributed by atoms with Crippen molar-refractivity contribution in [2.24, 2.45) is 7.05 Å². The molecule has 0 bridgehead atoms. The van der Waals surface area contributed by atoms with Crippen LogP contribution in [0.15, 0.2) is 30.6 Å². The lowest BCUT2D eigenvalue weighted by Gasteiger charge is -2.21. The fraction of sp³-hybridized carbons (Fsp3) is 0.308. The van der Waals surface area contributed by atoms with Gasteiger partial charge < -0.3 is 4.90 Å². The highest BCUT2D eigenvalue weighted by Crippen LogP contribution is 2.25. The van der Waals surface area contributed by atoms with Crippen LogP contribution in [0, 0.1) is 5.82 Å². The molecular weight excluding hydrogens is 253 g/mol. The van der Waals surface area contributed by atoms with Crippen LogP contribution in [0.25, 0.3) is 0 Å². The normalized spacial score (nSPS) is 10.7. The predicted molar refractivity (Wildman–Crippen MR) is 71.3 cm³/mol. The Bertz CT molecular complexity index is 539. The van der Waals surface area contributed by atoms with E-state index in [4.69, 9.17) is 11.6 Å². The van der Waals surface area contributed by atoms with E-state index in [9.17, 15) is 4.39 Å². The molecule has 0 amide bonds. The predicted octanol–water partition coefficient (Wildman–Crippen LogP) is 2.93. The van der Waals surface area contributed by atoms with Gasteiger partial charge in [-0.1, -0.05) is 6.07 Å². The number of benzene rings is 1. The second-order valence-corrected chi connectivity index (χ2v) is 4.52. The third-order valence-corrected chi connectivity index (χ3v) is 3.08. The fourth-order valence-corrected chi connectivity index (χ4v) is 2.21. The molecule has 0 aliphatic heterocycles. The molecule has 0 fully saturated rings. The third-order valence-electron chi connectivity index (χ3n) is 2.82. The van der Waals surface area contributed by atoms with Crippen LogP contribution in [-0.2, 0) is 19.5 Å². The maximum absolute atomic E-state index is 13.6. The van der Waals surface area contributed by atoms with Gasteiger partial charge in [0.15, 0.2) is 0 Å². The largest absolute Gasteiger partial charge is 0.370 e. The number of anilines is 1. The van der Waals surface area contributed by atoms with Gasteiger partial charge >= 0.3 is 0 Å². The monoisotopic (exact) mass is 267 g/mol. The maximum Gasteiger partial charge on any atom is 0.129 e. The first-order chi connectivity index (χ1) is 8.61. The molecule has 0 aliphatic rings. The Hall–Kier alpha value is -1.55. The van der Waals surface area contributed by atoms with Crippen molar-refractivity contribution in [2.75, 3.05) is 11.9 Å². The summed E-state index contributed by atoms with van der Waals surface area (Å²) in [5.74, 6) is -0.0973. The summed E-state index contributed by atoms with van der Waals surface area (Å²) >= 11 is 5.81. The van der Waals surface area contributed by atoms with Crippen LogP contribution in [0.2, 0.25) is 0 Å². The smallest absolute Gasteiger partial charge is 0.129 e. The van der Waals surface area contributed by atoms with Crippen molar-refractivity contribution >= 4 is 17.3 Å². The topological polar surface area (TPSA) is 21.1 Å². The molecule has 0 unspecified atom stereocenters. The summed E-state index contributed by atoms with van der Waals surface area (Å²) in [5.41, 5.74) is 2.42. The lowest BCUT2D eigenvalue weighted by molar-refractivity contribution is 0.616. The molecule has 0 aliphatic carbocycles. The molecule has 18 heavy (non-hydrogen) atoms. The van der Waals surface area contributed by atoms with Gasteiger partial charge in [-0.3, -0.25) is 4.68 Å². The van der Waals surface area contributed by atoms with Crippen molar-refractivity contribution in [3.8, 4) is 0 Å². The number of hydrogen-bond donors (Lipinski definition) is 0. The minimum absolute atomic E-state index is 0.166. The number of rotatable bonds is 4. The van der Waals surface area contributed by atoms with E-state index in [1.165, 1.54) is 6.07 Å². The van der Waals surface area contributed by atoms with Crippen LogP contribution >= 0.6 is 11.6 Å². The second kappa shape index (κ2) is 5.40. The van der Waals surface area contributed by atoms with Crippen molar-refractivity contribution in [3.63, 3.8) is 0 Å². The number of aromatic nitrogens is 2. The van der Waals surface area contributed by atoms with E-state index in [0.717, 1.165) is 11.3 Å². The summed E-state index contributed by atoms with van der Waals surface area (Å²) in [5, 5.41) is 4.11. The van der Waals surface area contributed by atoms with Crippen molar-refractivity contribution < 1.29 is 4.39 Å². The molecule has 3 nitrogen and oxygen atoms in total. The standard InChI is InChI=1S/C13H15ClFN3/c1-17(8-10-7-16-18(2)9-10)13-5-3-4-12(15)11(13)6-14/h3-5,7,9H,6,8H2,1-2H3. The number of hydrogen-bond acceptors (Lipinski definition) is 2. The van der Waals surface area contributed by atoms with Crippen LogP contribution in [0.4, 0.5) is 10.1 Å². The van der Waals surface area contributed by atoms with Crippen molar-refractivity contribution in [2.45, 2.75) is 12.4 Å². The molecule has 2 rings (SSSR count). The summed E-state index contributed by atoms with van der Waals surface area (Å²) in [6.45, 7) is 0.668. The third kappa shape index (κ3) is 2.64. The van der Waals surface area contributed by atoms with Crippen LogP contribution in [-0.4, -0.2) is 16.8 Å². The van der Waals surface area contributed by atoms with Gasteiger partial charge in [0, 0.05) is 43.7 Å². The molecule has 2 aromatic rings. The summed E-state index contributed by atoms with van der Waals surface area (Å²) in [6.07, 6.45) is 3.74. The van der Waals surface area contributed by atoms with Crippen molar-refractivity contribution in [3.05, 3.63) is 47.5 Å². The van der Waals surface area contributed by atoms with Crippen LogP contribution in [0.3, 0.4) is 0 Å². The maximum atomic E-state index is 13.6. The van der Waals surface area contributed by atoms with E-state index in [1.54, 1.807) is 16.9 Å². The first kappa shape index (κ1) is 12.9. The molecule has 0 radical (unpaired) electrons. The van der Waals surface area contributed by atoms with E-state index in [0.29, 0.717) is 12.1 Å². The highest BCUT2D eigenvalue weighted by molar-refractivity contribution is 6.17. The summed E-state index contributed by atoms with van der Waals surface area (Å²) in [4.78, 5) is 1.97. The van der Waals surface area contributed by atoms with Gasteiger partial charge in [0.2, 0.25) is 0 Å². The van der Waals surface area contributed by atoms with Gasteiger partial charge in [-0.15, -0.1) is 11.6 Å². The molecule has 0 saturated heterocycles. The van der Waals surface area contributed by atoms with Crippen LogP contribution < -0.4 is 4.90 Å². The zero-order chi connectivity index (χ0) is 13.1. The summed E-state index contributed by atoms with van der Waals surface area (Å²) in [7, 11) is 3.79. The first-order valence-corrected chi connectivity index (χ1v) is 6.17. The molecular formula is C13H15ClFN3. The molecule has 1 aromatic heterocycles. The highest BCUT2D eigenvalue weighted by atomic mass is 35.5. The van der Waals surface area contributed by atoms with Crippen LogP contribution in [0.5, 0.6) is 0 Å². The average molecular weight is 268 g/mol. The van der Waals surface area contributed by atoms with E-state index in [-0.39, 0.29) is 11.7 Å². The Morgan fingerprint density at radius 3 is 2.83 bits per heavy atom.